The minimum Gasteiger partial charge on any atom is -0.477 e. The highest BCUT2D eigenvalue weighted by atomic mass is 35.5. The zero-order chi connectivity index (χ0) is 12.7. The lowest BCUT2D eigenvalue weighted by Gasteiger charge is -1.91. The van der Waals surface area contributed by atoms with Crippen molar-refractivity contribution in [2.24, 2.45) is 0 Å². The molecule has 0 fully saturated rings. The Morgan fingerprint density at radius 1 is 1.11 bits per heavy atom. The Balaban J connectivity index is 2.13. The molecule has 0 spiro atoms. The van der Waals surface area contributed by atoms with Crippen LogP contribution in [-0.4, -0.2) is 21.0 Å². The standard InChI is InChI=1S/C13H9ClN2O2/c14-8-2-1-3-9-7(8)6-12(15-9)10-4-5-11(16-10)13(17)18/h1-6,15-16H,(H,17,18). The number of carboxylic acids is 1. The first-order valence-electron chi connectivity index (χ1n) is 5.35. The summed E-state index contributed by atoms with van der Waals surface area (Å²) in [5.74, 6) is -0.976. The molecule has 90 valence electrons. The zero-order valence-corrected chi connectivity index (χ0v) is 9.95. The molecule has 0 aliphatic heterocycles. The van der Waals surface area contributed by atoms with Crippen molar-refractivity contribution in [3.05, 3.63) is 47.1 Å². The predicted octanol–water partition coefficient (Wildman–Crippen LogP) is 3.51. The molecule has 0 saturated carbocycles. The molecule has 3 N–H and O–H groups in total. The number of halogens is 1. The average molecular weight is 261 g/mol. The minimum absolute atomic E-state index is 0.162. The number of carbonyl (C=O) groups is 1. The Morgan fingerprint density at radius 2 is 1.94 bits per heavy atom. The minimum atomic E-state index is -0.976. The lowest BCUT2D eigenvalue weighted by Crippen LogP contribution is -1.95. The number of aromatic amines is 2. The van der Waals surface area contributed by atoms with Crippen molar-refractivity contribution < 1.29 is 9.90 Å². The molecule has 0 aliphatic rings. The third kappa shape index (κ3) is 1.67. The number of H-pyrrole nitrogens is 2. The Labute approximate surface area is 107 Å². The van der Waals surface area contributed by atoms with E-state index in [1.165, 1.54) is 6.07 Å². The first kappa shape index (κ1) is 10.9. The lowest BCUT2D eigenvalue weighted by molar-refractivity contribution is 0.0691. The third-order valence-corrected chi connectivity index (χ3v) is 3.15. The van der Waals surface area contributed by atoms with Crippen LogP contribution in [0, 0.1) is 0 Å². The number of nitrogens with one attached hydrogen (secondary N) is 2. The van der Waals surface area contributed by atoms with E-state index in [9.17, 15) is 4.79 Å². The summed E-state index contributed by atoms with van der Waals surface area (Å²) in [7, 11) is 0. The highest BCUT2D eigenvalue weighted by Crippen LogP contribution is 2.28. The van der Waals surface area contributed by atoms with Crippen molar-refractivity contribution in [3.63, 3.8) is 0 Å². The maximum absolute atomic E-state index is 10.8. The van der Waals surface area contributed by atoms with Gasteiger partial charge < -0.3 is 15.1 Å². The van der Waals surface area contributed by atoms with Crippen molar-refractivity contribution in [2.75, 3.05) is 0 Å². The van der Waals surface area contributed by atoms with E-state index in [1.54, 1.807) is 6.07 Å². The average Bonchev–Trinajstić information content (AvgIpc) is 2.95. The van der Waals surface area contributed by atoms with Gasteiger partial charge in [0.25, 0.3) is 0 Å². The molecule has 4 nitrogen and oxygen atoms in total. The molecule has 5 heteroatoms. The second-order valence-corrected chi connectivity index (χ2v) is 4.38. The van der Waals surface area contributed by atoms with Gasteiger partial charge in [0.05, 0.1) is 11.4 Å². The first-order valence-corrected chi connectivity index (χ1v) is 5.73. The molecule has 0 bridgehead atoms. The van der Waals surface area contributed by atoms with Crippen LogP contribution in [0.1, 0.15) is 10.5 Å². The largest absolute Gasteiger partial charge is 0.477 e. The molecule has 0 unspecified atom stereocenters. The molecular formula is C13H9ClN2O2. The summed E-state index contributed by atoms with van der Waals surface area (Å²) in [5, 5.41) is 10.5. The van der Waals surface area contributed by atoms with Crippen molar-refractivity contribution in [3.8, 4) is 11.4 Å². The fraction of sp³-hybridized carbons (Fsp3) is 0. The maximum Gasteiger partial charge on any atom is 0.352 e. The van der Waals surface area contributed by atoms with Gasteiger partial charge in [0.2, 0.25) is 0 Å². The van der Waals surface area contributed by atoms with Crippen LogP contribution in [0.15, 0.2) is 36.4 Å². The number of hydrogen-bond donors (Lipinski definition) is 3. The van der Waals surface area contributed by atoms with Gasteiger partial charge in [0, 0.05) is 15.9 Å². The van der Waals surface area contributed by atoms with E-state index < -0.39 is 5.97 Å². The number of rotatable bonds is 2. The fourth-order valence-corrected chi connectivity index (χ4v) is 2.17. The highest BCUT2D eigenvalue weighted by Gasteiger charge is 2.10. The topological polar surface area (TPSA) is 68.9 Å². The van der Waals surface area contributed by atoms with E-state index in [0.29, 0.717) is 5.02 Å². The molecular weight excluding hydrogens is 252 g/mol. The van der Waals surface area contributed by atoms with E-state index in [4.69, 9.17) is 16.7 Å². The van der Waals surface area contributed by atoms with Crippen molar-refractivity contribution in [1.29, 1.82) is 0 Å². The van der Waals surface area contributed by atoms with Gasteiger partial charge in [-0.2, -0.15) is 0 Å². The molecule has 3 aromatic rings. The summed E-state index contributed by atoms with van der Waals surface area (Å²) < 4.78 is 0. The van der Waals surface area contributed by atoms with E-state index in [1.807, 2.05) is 24.3 Å². The zero-order valence-electron chi connectivity index (χ0n) is 9.20. The van der Waals surface area contributed by atoms with Crippen LogP contribution >= 0.6 is 11.6 Å². The number of aromatic nitrogens is 2. The summed E-state index contributed by atoms with van der Waals surface area (Å²) in [6.07, 6.45) is 0. The van der Waals surface area contributed by atoms with Crippen LogP contribution in [0.5, 0.6) is 0 Å². The molecule has 18 heavy (non-hydrogen) atoms. The maximum atomic E-state index is 10.8. The Bertz CT molecular complexity index is 742. The van der Waals surface area contributed by atoms with Crippen LogP contribution in [0.25, 0.3) is 22.3 Å². The van der Waals surface area contributed by atoms with Gasteiger partial charge in [0.1, 0.15) is 5.69 Å². The third-order valence-electron chi connectivity index (χ3n) is 2.82. The van der Waals surface area contributed by atoms with Crippen LogP contribution in [0.3, 0.4) is 0 Å². The second kappa shape index (κ2) is 3.92. The second-order valence-electron chi connectivity index (χ2n) is 3.97. The predicted molar refractivity (Wildman–Crippen MR) is 70.1 cm³/mol. The van der Waals surface area contributed by atoms with Crippen LogP contribution < -0.4 is 0 Å². The van der Waals surface area contributed by atoms with Gasteiger partial charge in [0.15, 0.2) is 0 Å². The van der Waals surface area contributed by atoms with Crippen molar-refractivity contribution >= 4 is 28.5 Å². The first-order chi connectivity index (χ1) is 8.65. The molecule has 0 radical (unpaired) electrons. The number of benzene rings is 1. The number of aromatic carboxylic acids is 1. The van der Waals surface area contributed by atoms with Crippen LogP contribution in [0.2, 0.25) is 5.02 Å². The normalized spacial score (nSPS) is 10.9. The molecule has 1 aromatic carbocycles. The summed E-state index contributed by atoms with van der Waals surface area (Å²) in [6, 6.07) is 10.8. The molecule has 2 aromatic heterocycles. The summed E-state index contributed by atoms with van der Waals surface area (Å²) in [6.45, 7) is 0. The molecule has 3 rings (SSSR count). The van der Waals surface area contributed by atoms with Gasteiger partial charge in [-0.15, -0.1) is 0 Å². The smallest absolute Gasteiger partial charge is 0.352 e. The van der Waals surface area contributed by atoms with E-state index in [2.05, 4.69) is 9.97 Å². The lowest BCUT2D eigenvalue weighted by atomic mass is 10.2. The molecule has 0 saturated heterocycles. The van der Waals surface area contributed by atoms with Crippen molar-refractivity contribution in [1.82, 2.24) is 9.97 Å². The molecule has 2 heterocycles. The van der Waals surface area contributed by atoms with Crippen LogP contribution in [-0.2, 0) is 0 Å². The molecule has 0 atom stereocenters. The Hall–Kier alpha value is -2.20. The quantitative estimate of drug-likeness (QED) is 0.660. The highest BCUT2D eigenvalue weighted by molar-refractivity contribution is 6.35. The Kier molecular flexibility index (Phi) is 2.38. The molecule has 0 amide bonds. The Morgan fingerprint density at radius 3 is 2.61 bits per heavy atom. The molecule has 0 aliphatic carbocycles. The summed E-state index contributed by atoms with van der Waals surface area (Å²) in [5.41, 5.74) is 2.61. The van der Waals surface area contributed by atoms with E-state index in [-0.39, 0.29) is 5.69 Å². The number of carboxylic acid groups (broad SMARTS) is 1. The van der Waals surface area contributed by atoms with Crippen LogP contribution in [0.4, 0.5) is 0 Å². The van der Waals surface area contributed by atoms with Gasteiger partial charge >= 0.3 is 5.97 Å². The number of hydrogen-bond acceptors (Lipinski definition) is 1. The van der Waals surface area contributed by atoms with Gasteiger partial charge in [-0.1, -0.05) is 17.7 Å². The fourth-order valence-electron chi connectivity index (χ4n) is 1.94. The SMILES string of the molecule is O=C(O)c1ccc(-c2cc3c(Cl)cccc3[nH]2)[nH]1. The van der Waals surface area contributed by atoms with Gasteiger partial charge in [-0.25, -0.2) is 4.79 Å². The van der Waals surface area contributed by atoms with Gasteiger partial charge in [-0.05, 0) is 30.3 Å². The van der Waals surface area contributed by atoms with Gasteiger partial charge in [-0.3, -0.25) is 0 Å². The summed E-state index contributed by atoms with van der Waals surface area (Å²) in [4.78, 5) is 16.8. The van der Waals surface area contributed by atoms with E-state index >= 15 is 0 Å². The monoisotopic (exact) mass is 260 g/mol. The number of fused-ring (bicyclic) bond motifs is 1. The van der Waals surface area contributed by atoms with E-state index in [0.717, 1.165) is 22.3 Å². The summed E-state index contributed by atoms with van der Waals surface area (Å²) >= 11 is 6.09. The van der Waals surface area contributed by atoms with Crippen molar-refractivity contribution in [2.45, 2.75) is 0 Å².